The Morgan fingerprint density at radius 3 is 2.27 bits per heavy atom. The molecular formula is C27H28ClF3N2O7S. The lowest BCUT2D eigenvalue weighted by molar-refractivity contribution is -0.140. The van der Waals surface area contributed by atoms with Crippen LogP contribution in [0.25, 0.3) is 0 Å². The number of amides is 2. The van der Waals surface area contributed by atoms with Gasteiger partial charge < -0.3 is 20.5 Å². The summed E-state index contributed by atoms with van der Waals surface area (Å²) in [6, 6.07) is 4.67. The van der Waals surface area contributed by atoms with E-state index in [1.54, 1.807) is 0 Å². The fourth-order valence-corrected chi connectivity index (χ4v) is 8.15. The number of ether oxygens (including phenoxy) is 1. The molecule has 2 fully saturated rings. The van der Waals surface area contributed by atoms with Crippen molar-refractivity contribution in [3.63, 3.8) is 0 Å². The molecule has 14 heteroatoms. The Hall–Kier alpha value is -3.16. The number of hydrogen-bond acceptors (Lipinski definition) is 7. The fraction of sp³-hybridized carbons (Fsp3) is 0.444. The van der Waals surface area contributed by atoms with Gasteiger partial charge in [-0.1, -0.05) is 11.6 Å². The number of aliphatic hydroxyl groups is 1. The predicted octanol–water partition coefficient (Wildman–Crippen LogP) is 3.77. The summed E-state index contributed by atoms with van der Waals surface area (Å²) in [5.74, 6) is -7.54. The second-order valence-electron chi connectivity index (χ2n) is 10.3. The number of hydrogen-bond donors (Lipinski definition) is 3. The lowest BCUT2D eigenvalue weighted by Crippen LogP contribution is -2.50. The molecule has 4 atom stereocenters. The Labute approximate surface area is 239 Å². The quantitative estimate of drug-likeness (QED) is 0.288. The Morgan fingerprint density at radius 1 is 1.07 bits per heavy atom. The number of rotatable bonds is 9. The number of carbonyl (C=O) groups is 3. The van der Waals surface area contributed by atoms with Crippen molar-refractivity contribution in [3.05, 3.63) is 58.4 Å². The third-order valence-corrected chi connectivity index (χ3v) is 10.5. The molecule has 2 aromatic rings. The van der Waals surface area contributed by atoms with Gasteiger partial charge in [0.25, 0.3) is 5.91 Å². The Balaban J connectivity index is 1.48. The molecule has 0 heterocycles. The van der Waals surface area contributed by atoms with Crippen LogP contribution >= 0.6 is 11.6 Å². The number of carbonyl (C=O) groups excluding carboxylic acids is 3. The van der Waals surface area contributed by atoms with Gasteiger partial charge in [-0.25, -0.2) is 21.6 Å². The largest absolute Gasteiger partial charge is 0.469 e. The van der Waals surface area contributed by atoms with Crippen molar-refractivity contribution in [2.24, 2.45) is 11.8 Å². The minimum Gasteiger partial charge on any atom is -0.469 e. The lowest BCUT2D eigenvalue weighted by atomic mass is 9.72. The molecule has 2 amide bonds. The highest BCUT2D eigenvalue weighted by atomic mass is 35.5. The average Bonchev–Trinajstić information content (AvgIpc) is 3.07. The minimum atomic E-state index is -4.12. The number of benzene rings is 2. The Bertz CT molecular complexity index is 1450. The van der Waals surface area contributed by atoms with Crippen molar-refractivity contribution < 1.29 is 45.8 Å². The third-order valence-electron chi connectivity index (χ3n) is 7.88. The van der Waals surface area contributed by atoms with Crippen LogP contribution in [0.5, 0.6) is 0 Å². The molecule has 2 saturated carbocycles. The van der Waals surface area contributed by atoms with E-state index in [-0.39, 0.29) is 53.4 Å². The van der Waals surface area contributed by atoms with Gasteiger partial charge in [-0.2, -0.15) is 0 Å². The van der Waals surface area contributed by atoms with Crippen molar-refractivity contribution in [1.29, 1.82) is 0 Å². The van der Waals surface area contributed by atoms with Crippen LogP contribution in [0.1, 0.15) is 48.9 Å². The average molecular weight is 617 g/mol. The van der Waals surface area contributed by atoms with Crippen LogP contribution in [-0.4, -0.2) is 55.8 Å². The van der Waals surface area contributed by atoms with Crippen molar-refractivity contribution >= 4 is 44.9 Å². The molecule has 1 unspecified atom stereocenters. The number of esters is 1. The molecule has 9 nitrogen and oxygen atoms in total. The summed E-state index contributed by atoms with van der Waals surface area (Å²) >= 11 is 6.23. The van der Waals surface area contributed by atoms with Crippen LogP contribution in [0.2, 0.25) is 5.02 Å². The number of nitrogens with one attached hydrogen (secondary N) is 2. The molecule has 222 valence electrons. The van der Waals surface area contributed by atoms with Crippen LogP contribution in [0, 0.1) is 29.3 Å². The second kappa shape index (κ2) is 12.0. The van der Waals surface area contributed by atoms with E-state index in [2.05, 4.69) is 15.4 Å². The van der Waals surface area contributed by atoms with Gasteiger partial charge in [0.05, 0.1) is 40.7 Å². The van der Waals surface area contributed by atoms with E-state index in [1.807, 2.05) is 0 Å². The maximum absolute atomic E-state index is 13.7. The first kappa shape index (κ1) is 30.8. The molecule has 0 radical (unpaired) electrons. The first-order valence-corrected chi connectivity index (χ1v) is 14.7. The molecular weight excluding hydrogens is 589 g/mol. The topological polar surface area (TPSA) is 139 Å². The van der Waals surface area contributed by atoms with Crippen molar-refractivity contribution in [2.75, 3.05) is 19.0 Å². The summed E-state index contributed by atoms with van der Waals surface area (Å²) < 4.78 is 72.2. The molecule has 0 spiro atoms. The van der Waals surface area contributed by atoms with E-state index < -0.39 is 67.8 Å². The van der Waals surface area contributed by atoms with E-state index in [9.17, 15) is 41.1 Å². The first-order chi connectivity index (χ1) is 19.3. The molecule has 41 heavy (non-hydrogen) atoms. The molecule has 0 saturated heterocycles. The zero-order valence-electron chi connectivity index (χ0n) is 21.9. The van der Waals surface area contributed by atoms with Crippen molar-refractivity contribution in [3.8, 4) is 0 Å². The number of fused-ring (bicyclic) bond motifs is 2. The van der Waals surface area contributed by atoms with E-state index in [0.717, 1.165) is 6.07 Å². The van der Waals surface area contributed by atoms with Crippen LogP contribution in [0.4, 0.5) is 18.9 Å². The smallest absolute Gasteiger partial charge is 0.307 e. The summed E-state index contributed by atoms with van der Waals surface area (Å²) in [4.78, 5) is 36.2. The van der Waals surface area contributed by atoms with Crippen LogP contribution < -0.4 is 10.6 Å². The third kappa shape index (κ3) is 6.36. The normalized spacial score (nSPS) is 23.6. The minimum absolute atomic E-state index is 0.0244. The highest BCUT2D eigenvalue weighted by Crippen LogP contribution is 2.53. The van der Waals surface area contributed by atoms with Crippen molar-refractivity contribution in [2.45, 2.75) is 54.3 Å². The molecule has 0 aliphatic heterocycles. The zero-order valence-corrected chi connectivity index (χ0v) is 23.5. The van der Waals surface area contributed by atoms with Gasteiger partial charge in [-0.05, 0) is 55.7 Å². The molecule has 0 aromatic heterocycles. The van der Waals surface area contributed by atoms with Crippen LogP contribution in [0.3, 0.4) is 0 Å². The monoisotopic (exact) mass is 616 g/mol. The van der Waals surface area contributed by atoms with E-state index in [4.69, 9.17) is 11.6 Å². The van der Waals surface area contributed by atoms with Gasteiger partial charge >= 0.3 is 5.97 Å². The standard InChI is InChI=1S/C27H28ClF3N2O7S/c1-40-24(35)6-7-32-23(34)13-27(37)15-3-4-16(27)10-18(9-15)41(38,39)22-8-14(2-5-19(22)28)26(36)33-17-11-20(29)25(31)21(30)12-17/h2,5,8,11-12,15-16,18,37H,3-4,6-7,9-10,13H2,1H3,(H,32,34)(H,33,36)/t15-,16?,18-,27-/m1/s1. The zero-order chi connectivity index (χ0) is 30.1. The van der Waals surface area contributed by atoms with Gasteiger partial charge in [0, 0.05) is 29.9 Å². The highest BCUT2D eigenvalue weighted by molar-refractivity contribution is 7.92. The Kier molecular flexibility index (Phi) is 9.00. The predicted molar refractivity (Wildman–Crippen MR) is 141 cm³/mol. The van der Waals surface area contributed by atoms with E-state index >= 15 is 0 Å². The first-order valence-electron chi connectivity index (χ1n) is 12.8. The van der Waals surface area contributed by atoms with Crippen molar-refractivity contribution in [1.82, 2.24) is 5.32 Å². The maximum Gasteiger partial charge on any atom is 0.307 e. The second-order valence-corrected chi connectivity index (χ2v) is 12.9. The van der Waals surface area contributed by atoms with Gasteiger partial charge in [-0.15, -0.1) is 0 Å². The summed E-state index contributed by atoms with van der Waals surface area (Å²) in [6.45, 7) is 0.0430. The molecule has 2 aliphatic carbocycles. The van der Waals surface area contributed by atoms with Gasteiger partial charge in [0.2, 0.25) is 5.91 Å². The number of halogens is 4. The highest BCUT2D eigenvalue weighted by Gasteiger charge is 2.56. The van der Waals surface area contributed by atoms with E-state index in [0.29, 0.717) is 25.0 Å². The lowest BCUT2D eigenvalue weighted by Gasteiger charge is -2.42. The summed E-state index contributed by atoms with van der Waals surface area (Å²) in [5.41, 5.74) is -1.95. The molecule has 4 rings (SSSR count). The molecule has 3 N–H and O–H groups in total. The summed E-state index contributed by atoms with van der Waals surface area (Å²) in [6.07, 6.45) is 0.894. The number of anilines is 1. The Morgan fingerprint density at radius 2 is 1.68 bits per heavy atom. The summed E-state index contributed by atoms with van der Waals surface area (Å²) in [5, 5.41) is 15.1. The van der Waals surface area contributed by atoms with Gasteiger partial charge in [0.1, 0.15) is 0 Å². The van der Waals surface area contributed by atoms with Gasteiger partial charge in [-0.3, -0.25) is 14.4 Å². The fourth-order valence-electron chi connectivity index (χ4n) is 5.75. The van der Waals surface area contributed by atoms with Crippen LogP contribution in [-0.2, 0) is 24.2 Å². The molecule has 2 aliphatic rings. The molecule has 2 aromatic carbocycles. The van der Waals surface area contributed by atoms with Gasteiger partial charge in [0.15, 0.2) is 27.3 Å². The number of methoxy groups -OCH3 is 1. The summed E-state index contributed by atoms with van der Waals surface area (Å²) in [7, 11) is -2.89. The molecule has 2 bridgehead atoms. The van der Waals surface area contributed by atoms with Crippen LogP contribution in [0.15, 0.2) is 35.2 Å². The maximum atomic E-state index is 13.7. The number of sulfone groups is 1. The SMILES string of the molecule is COC(=O)CCNC(=O)C[C@]1(O)C2CC[C@@H]1C[C@@H](S(=O)(=O)c1cc(C(=O)Nc3cc(F)c(F)c(F)c3)ccc1Cl)C2. The van der Waals surface area contributed by atoms with E-state index in [1.165, 1.54) is 19.2 Å².